The Morgan fingerprint density at radius 3 is 1.94 bits per heavy atom. The van der Waals surface area contributed by atoms with Gasteiger partial charge < -0.3 is 9.97 Å². The zero-order chi connectivity index (χ0) is 34.6. The Morgan fingerprint density at radius 2 is 1.24 bits per heavy atom. The van der Waals surface area contributed by atoms with Gasteiger partial charge in [0.15, 0.2) is 0 Å². The smallest absolute Gasteiger partial charge is 0.0786 e. The van der Waals surface area contributed by atoms with Crippen molar-refractivity contribution >= 4 is 10.9 Å². The number of fused-ring (bicyclic) bond motifs is 1. The Hall–Kier alpha value is -4.76. The molecule has 0 fully saturated rings. The summed E-state index contributed by atoms with van der Waals surface area (Å²) in [4.78, 5) is 13.7. The van der Waals surface area contributed by atoms with Gasteiger partial charge in [0.1, 0.15) is 0 Å². The Kier molecular flexibility index (Phi) is 11.3. The standard InChI is InChI=1S/C34H33N2.C12H10N.Ir/c1-33(2,3)25-15-16-27(30(22-25)34(4,5)6)29-18-17-26(28-13-10-20-36-32(28)29)23-11-9-12-24(21-23)31-14-7-8-19-35-31;1-10-7-8-13-12(9-10)11-5-3-2-4-6-11;/h7-11,13-22H,1-6H3;2-5,7-9H,1H3;/q2*-1;. The third kappa shape index (κ3) is 8.33. The quantitative estimate of drug-likeness (QED) is 0.166. The van der Waals surface area contributed by atoms with Crippen molar-refractivity contribution in [3.05, 3.63) is 163 Å². The van der Waals surface area contributed by atoms with E-state index in [0.717, 1.165) is 44.5 Å². The largest absolute Gasteiger partial charge is 0.305 e. The van der Waals surface area contributed by atoms with Crippen LogP contribution < -0.4 is 0 Å². The second-order valence-corrected chi connectivity index (χ2v) is 14.5. The van der Waals surface area contributed by atoms with Gasteiger partial charge in [-0.05, 0) is 69.6 Å². The summed E-state index contributed by atoms with van der Waals surface area (Å²) in [6, 6.07) is 46.3. The summed E-state index contributed by atoms with van der Waals surface area (Å²) in [5.41, 5.74) is 13.7. The van der Waals surface area contributed by atoms with Crippen LogP contribution >= 0.6 is 0 Å². The molecule has 7 aromatic rings. The molecule has 0 amide bonds. The van der Waals surface area contributed by atoms with Gasteiger partial charge >= 0.3 is 0 Å². The maximum atomic E-state index is 4.90. The van der Waals surface area contributed by atoms with Crippen molar-refractivity contribution in [1.29, 1.82) is 0 Å². The van der Waals surface area contributed by atoms with Crippen LogP contribution in [0.15, 0.2) is 134 Å². The molecule has 50 heavy (non-hydrogen) atoms. The minimum absolute atomic E-state index is 0. The van der Waals surface area contributed by atoms with Gasteiger partial charge in [-0.2, -0.15) is 0 Å². The monoisotopic (exact) mass is 830 g/mol. The van der Waals surface area contributed by atoms with Gasteiger partial charge in [-0.25, -0.2) is 0 Å². The van der Waals surface area contributed by atoms with Gasteiger partial charge in [0.25, 0.3) is 0 Å². The molecular formula is C46H43IrN3-2. The van der Waals surface area contributed by atoms with E-state index in [1.54, 1.807) is 0 Å². The number of pyridine rings is 3. The van der Waals surface area contributed by atoms with Crippen molar-refractivity contribution in [2.75, 3.05) is 0 Å². The third-order valence-electron chi connectivity index (χ3n) is 8.71. The summed E-state index contributed by atoms with van der Waals surface area (Å²) in [5, 5.41) is 1.15. The molecule has 4 heteroatoms. The zero-order valence-electron chi connectivity index (χ0n) is 29.9. The maximum Gasteiger partial charge on any atom is 0.0786 e. The number of benzene rings is 4. The maximum absolute atomic E-state index is 4.90. The van der Waals surface area contributed by atoms with E-state index in [-0.39, 0.29) is 30.9 Å². The van der Waals surface area contributed by atoms with E-state index in [4.69, 9.17) is 4.98 Å². The molecule has 0 saturated heterocycles. The molecule has 0 spiro atoms. The molecule has 0 unspecified atom stereocenters. The van der Waals surface area contributed by atoms with Crippen molar-refractivity contribution in [3.8, 4) is 44.8 Å². The van der Waals surface area contributed by atoms with Crippen molar-refractivity contribution < 1.29 is 20.1 Å². The van der Waals surface area contributed by atoms with Crippen molar-refractivity contribution in [1.82, 2.24) is 15.0 Å². The Labute approximate surface area is 311 Å². The molecule has 3 heterocycles. The van der Waals surface area contributed by atoms with Crippen LogP contribution in [0.2, 0.25) is 0 Å². The fraction of sp³-hybridized carbons (Fsp3) is 0.196. The predicted octanol–water partition coefficient (Wildman–Crippen LogP) is 11.9. The van der Waals surface area contributed by atoms with Crippen LogP contribution in [0.3, 0.4) is 0 Å². The zero-order valence-corrected chi connectivity index (χ0v) is 32.3. The first-order chi connectivity index (χ1) is 23.5. The summed E-state index contributed by atoms with van der Waals surface area (Å²) in [6.45, 7) is 15.8. The van der Waals surface area contributed by atoms with Crippen molar-refractivity contribution in [2.24, 2.45) is 0 Å². The number of aryl methyl sites for hydroxylation is 1. The van der Waals surface area contributed by atoms with Crippen LogP contribution in [0.5, 0.6) is 0 Å². The summed E-state index contributed by atoms with van der Waals surface area (Å²) in [6.07, 6.45) is 5.54. The van der Waals surface area contributed by atoms with Crippen LogP contribution in [0, 0.1) is 19.1 Å². The average Bonchev–Trinajstić information content (AvgIpc) is 3.11. The van der Waals surface area contributed by atoms with E-state index in [1.807, 2.05) is 79.3 Å². The number of aromatic nitrogens is 3. The molecule has 1 radical (unpaired) electrons. The SMILES string of the molecule is CC(C)(C)c1ccc(-c2ccc(-c3cc[c-]c(-c4ccccn4)c3)c3cccnc23)c(C(C)(C)C)c1.Cc1ccnc(-c2[c-]cccc2)c1.[Ir]. The molecule has 0 bridgehead atoms. The third-order valence-corrected chi connectivity index (χ3v) is 8.71. The summed E-state index contributed by atoms with van der Waals surface area (Å²) in [7, 11) is 0. The number of hydrogen-bond acceptors (Lipinski definition) is 3. The second kappa shape index (κ2) is 15.4. The Bertz CT molecular complexity index is 2190. The summed E-state index contributed by atoms with van der Waals surface area (Å²) < 4.78 is 0. The second-order valence-electron chi connectivity index (χ2n) is 14.5. The molecule has 7 rings (SSSR count). The fourth-order valence-electron chi connectivity index (χ4n) is 6.05. The minimum Gasteiger partial charge on any atom is -0.305 e. The molecular weight excluding hydrogens is 787 g/mol. The summed E-state index contributed by atoms with van der Waals surface area (Å²) >= 11 is 0. The number of nitrogens with zero attached hydrogens (tertiary/aromatic N) is 3. The topological polar surface area (TPSA) is 38.7 Å². The number of hydrogen-bond donors (Lipinski definition) is 0. The first-order valence-corrected chi connectivity index (χ1v) is 16.9. The molecule has 0 aliphatic heterocycles. The average molecular weight is 830 g/mol. The fourth-order valence-corrected chi connectivity index (χ4v) is 6.05. The normalized spacial score (nSPS) is 11.3. The van der Waals surface area contributed by atoms with E-state index >= 15 is 0 Å². The van der Waals surface area contributed by atoms with Gasteiger partial charge in [0.2, 0.25) is 0 Å². The Morgan fingerprint density at radius 1 is 0.520 bits per heavy atom. The molecule has 4 aromatic carbocycles. The molecule has 3 nitrogen and oxygen atoms in total. The summed E-state index contributed by atoms with van der Waals surface area (Å²) in [5.74, 6) is 0. The molecule has 0 aliphatic carbocycles. The van der Waals surface area contributed by atoms with Gasteiger partial charge in [-0.15, -0.1) is 71.3 Å². The first kappa shape index (κ1) is 36.5. The van der Waals surface area contributed by atoms with Gasteiger partial charge in [-0.1, -0.05) is 102 Å². The van der Waals surface area contributed by atoms with Crippen molar-refractivity contribution in [2.45, 2.75) is 59.3 Å². The number of rotatable bonds is 4. The van der Waals surface area contributed by atoms with Gasteiger partial charge in [0, 0.05) is 49.6 Å². The van der Waals surface area contributed by atoms with Crippen LogP contribution in [-0.2, 0) is 30.9 Å². The van der Waals surface area contributed by atoms with E-state index in [0.29, 0.717) is 0 Å². The van der Waals surface area contributed by atoms with Gasteiger partial charge in [-0.3, -0.25) is 4.98 Å². The molecule has 0 N–H and O–H groups in total. The van der Waals surface area contributed by atoms with Crippen molar-refractivity contribution in [3.63, 3.8) is 0 Å². The van der Waals surface area contributed by atoms with Crippen LogP contribution in [0.4, 0.5) is 0 Å². The molecule has 0 atom stereocenters. The predicted molar refractivity (Wildman–Crippen MR) is 205 cm³/mol. The van der Waals surface area contributed by atoms with E-state index in [1.165, 1.54) is 27.8 Å². The first-order valence-electron chi connectivity index (χ1n) is 16.9. The van der Waals surface area contributed by atoms with E-state index in [2.05, 4.69) is 125 Å². The molecule has 253 valence electrons. The van der Waals surface area contributed by atoms with Crippen LogP contribution in [0.25, 0.3) is 55.7 Å². The van der Waals surface area contributed by atoms with Crippen LogP contribution in [-0.4, -0.2) is 15.0 Å². The van der Waals surface area contributed by atoms with E-state index < -0.39 is 0 Å². The van der Waals surface area contributed by atoms with E-state index in [9.17, 15) is 0 Å². The van der Waals surface area contributed by atoms with Crippen LogP contribution in [0.1, 0.15) is 58.2 Å². The molecule has 0 aliphatic rings. The molecule has 3 aromatic heterocycles. The Balaban J connectivity index is 0.000000291. The van der Waals surface area contributed by atoms with Gasteiger partial charge in [0.05, 0.1) is 5.52 Å². The molecule has 0 saturated carbocycles. The minimum atomic E-state index is 0.